The van der Waals surface area contributed by atoms with Crippen molar-refractivity contribution in [3.05, 3.63) is 23.8 Å². The lowest BCUT2D eigenvalue weighted by molar-refractivity contribution is 0.354. The quantitative estimate of drug-likeness (QED) is 0.790. The van der Waals surface area contributed by atoms with E-state index in [2.05, 4.69) is 31.4 Å². The Kier molecular flexibility index (Phi) is 6.58. The molecule has 0 amide bonds. The molecule has 1 atom stereocenters. The zero-order valence-corrected chi connectivity index (χ0v) is 13.6. The Balaban J connectivity index is 2.67. The molecule has 0 aliphatic heterocycles. The predicted octanol–water partition coefficient (Wildman–Crippen LogP) is 2.88. The van der Waals surface area contributed by atoms with Crippen LogP contribution in [-0.2, 0) is 0 Å². The minimum atomic E-state index is 0.0990. The van der Waals surface area contributed by atoms with E-state index in [9.17, 15) is 0 Å². The van der Waals surface area contributed by atoms with Gasteiger partial charge in [0.2, 0.25) is 0 Å². The fraction of sp³-hybridized carbons (Fsp3) is 0.533. The summed E-state index contributed by atoms with van der Waals surface area (Å²) >= 11 is 5.28. The molecule has 0 saturated carbocycles. The smallest absolute Gasteiger partial charge is 0.166 e. The summed E-state index contributed by atoms with van der Waals surface area (Å²) in [5, 5.41) is 7.13. The molecule has 20 heavy (non-hydrogen) atoms. The monoisotopic (exact) mass is 296 g/mol. The highest BCUT2D eigenvalue weighted by molar-refractivity contribution is 7.80. The lowest BCUT2D eigenvalue weighted by atomic mass is 10.1. The van der Waals surface area contributed by atoms with E-state index in [1.807, 2.05) is 18.2 Å². The van der Waals surface area contributed by atoms with Gasteiger partial charge in [-0.15, -0.1) is 0 Å². The highest BCUT2D eigenvalue weighted by atomic mass is 32.1. The van der Waals surface area contributed by atoms with Crippen LogP contribution in [0.2, 0.25) is 0 Å². The van der Waals surface area contributed by atoms with Crippen LogP contribution in [0.25, 0.3) is 0 Å². The first-order chi connectivity index (χ1) is 9.47. The highest BCUT2D eigenvalue weighted by Crippen LogP contribution is 2.29. The molecule has 1 aromatic rings. The molecular weight excluding hydrogens is 272 g/mol. The highest BCUT2D eigenvalue weighted by Gasteiger charge is 2.11. The number of thiocarbonyl (C=S) groups is 1. The lowest BCUT2D eigenvalue weighted by Crippen LogP contribution is -2.38. The van der Waals surface area contributed by atoms with Crippen LogP contribution in [0.1, 0.15) is 32.4 Å². The molecule has 2 N–H and O–H groups in total. The maximum atomic E-state index is 5.31. The molecular formula is C15H24N2O2S. The molecule has 1 aromatic carbocycles. The van der Waals surface area contributed by atoms with Crippen molar-refractivity contribution in [2.75, 3.05) is 20.8 Å². The minimum Gasteiger partial charge on any atom is -0.493 e. The van der Waals surface area contributed by atoms with Crippen molar-refractivity contribution < 1.29 is 9.47 Å². The number of nitrogens with one attached hydrogen (secondary N) is 2. The molecule has 1 rings (SSSR count). The number of methoxy groups -OCH3 is 2. The Bertz CT molecular complexity index is 449. The Labute approximate surface area is 126 Å². The largest absolute Gasteiger partial charge is 0.493 e. The summed E-state index contributed by atoms with van der Waals surface area (Å²) in [5.74, 6) is 2.01. The van der Waals surface area contributed by atoms with Crippen LogP contribution >= 0.6 is 12.2 Å². The van der Waals surface area contributed by atoms with Gasteiger partial charge in [-0.2, -0.15) is 0 Å². The third-order valence-corrected chi connectivity index (χ3v) is 3.19. The zero-order chi connectivity index (χ0) is 15.1. The average molecular weight is 296 g/mol. The van der Waals surface area contributed by atoms with Gasteiger partial charge in [0.05, 0.1) is 20.3 Å². The molecule has 0 aliphatic rings. The molecule has 0 bridgehead atoms. The summed E-state index contributed by atoms with van der Waals surface area (Å²) < 4.78 is 10.5. The normalized spacial score (nSPS) is 11.9. The van der Waals surface area contributed by atoms with Gasteiger partial charge in [-0.1, -0.05) is 19.9 Å². The number of rotatable bonds is 6. The van der Waals surface area contributed by atoms with Crippen LogP contribution in [0.4, 0.5) is 0 Å². The van der Waals surface area contributed by atoms with Gasteiger partial charge in [0.25, 0.3) is 0 Å². The van der Waals surface area contributed by atoms with Crippen LogP contribution in [0, 0.1) is 5.92 Å². The van der Waals surface area contributed by atoms with Gasteiger partial charge in [-0.25, -0.2) is 0 Å². The van der Waals surface area contributed by atoms with Crippen LogP contribution in [0.5, 0.6) is 11.5 Å². The standard InChI is InChI=1S/C15H24N2O2S/c1-10(2)9-16-15(20)17-11(3)12-6-7-13(18-4)14(8-12)19-5/h6-8,10-11H,9H2,1-5H3,(H2,16,17,20). The molecule has 0 radical (unpaired) electrons. The second-order valence-electron chi connectivity index (χ2n) is 5.08. The van der Waals surface area contributed by atoms with Gasteiger partial charge in [0, 0.05) is 6.54 Å². The van der Waals surface area contributed by atoms with Crippen molar-refractivity contribution in [1.29, 1.82) is 0 Å². The molecule has 0 aliphatic carbocycles. The van der Waals surface area contributed by atoms with Crippen molar-refractivity contribution in [2.45, 2.75) is 26.8 Å². The maximum absolute atomic E-state index is 5.31. The van der Waals surface area contributed by atoms with Crippen LogP contribution in [0.15, 0.2) is 18.2 Å². The number of hydrogen-bond donors (Lipinski definition) is 2. The Morgan fingerprint density at radius 1 is 1.15 bits per heavy atom. The molecule has 0 aromatic heterocycles. The summed E-state index contributed by atoms with van der Waals surface area (Å²) in [6, 6.07) is 5.96. The van der Waals surface area contributed by atoms with Crippen molar-refractivity contribution in [3.8, 4) is 11.5 Å². The first-order valence-corrected chi connectivity index (χ1v) is 7.15. The van der Waals surface area contributed by atoms with Crippen molar-refractivity contribution in [2.24, 2.45) is 5.92 Å². The van der Waals surface area contributed by atoms with Crippen LogP contribution in [-0.4, -0.2) is 25.9 Å². The molecule has 0 heterocycles. The molecule has 0 spiro atoms. The fourth-order valence-corrected chi connectivity index (χ4v) is 2.01. The van der Waals surface area contributed by atoms with Crippen LogP contribution in [0.3, 0.4) is 0 Å². The first-order valence-electron chi connectivity index (χ1n) is 6.74. The molecule has 112 valence electrons. The van der Waals surface area contributed by atoms with E-state index in [1.165, 1.54) is 0 Å². The van der Waals surface area contributed by atoms with Gasteiger partial charge >= 0.3 is 0 Å². The Morgan fingerprint density at radius 3 is 2.35 bits per heavy atom. The van der Waals surface area contributed by atoms with E-state index in [4.69, 9.17) is 21.7 Å². The van der Waals surface area contributed by atoms with Gasteiger partial charge in [-0.05, 0) is 42.8 Å². The molecule has 0 saturated heterocycles. The van der Waals surface area contributed by atoms with E-state index < -0.39 is 0 Å². The first kappa shape index (κ1) is 16.6. The van der Waals surface area contributed by atoms with E-state index in [-0.39, 0.29) is 6.04 Å². The molecule has 1 unspecified atom stereocenters. The van der Waals surface area contributed by atoms with E-state index in [0.29, 0.717) is 11.0 Å². The summed E-state index contributed by atoms with van der Waals surface area (Å²) in [6.45, 7) is 7.22. The van der Waals surface area contributed by atoms with Gasteiger partial charge in [-0.3, -0.25) is 0 Å². The zero-order valence-electron chi connectivity index (χ0n) is 12.8. The number of hydrogen-bond acceptors (Lipinski definition) is 3. The summed E-state index contributed by atoms with van der Waals surface area (Å²) in [4.78, 5) is 0. The third-order valence-electron chi connectivity index (χ3n) is 2.93. The molecule has 5 heteroatoms. The second kappa shape index (κ2) is 7.94. The topological polar surface area (TPSA) is 42.5 Å². The Hall–Kier alpha value is -1.49. The second-order valence-corrected chi connectivity index (χ2v) is 5.49. The average Bonchev–Trinajstić information content (AvgIpc) is 2.44. The minimum absolute atomic E-state index is 0.0990. The van der Waals surface area contributed by atoms with Gasteiger partial charge in [0.15, 0.2) is 16.6 Å². The van der Waals surface area contributed by atoms with E-state index >= 15 is 0 Å². The summed E-state index contributed by atoms with van der Waals surface area (Å²) in [5.41, 5.74) is 1.09. The number of benzene rings is 1. The van der Waals surface area contributed by atoms with E-state index in [0.717, 1.165) is 23.6 Å². The van der Waals surface area contributed by atoms with Crippen molar-refractivity contribution in [3.63, 3.8) is 0 Å². The van der Waals surface area contributed by atoms with Gasteiger partial charge in [0.1, 0.15) is 0 Å². The lowest BCUT2D eigenvalue weighted by Gasteiger charge is -2.19. The van der Waals surface area contributed by atoms with Crippen LogP contribution < -0.4 is 20.1 Å². The summed E-state index contributed by atoms with van der Waals surface area (Å²) in [6.07, 6.45) is 0. The summed E-state index contributed by atoms with van der Waals surface area (Å²) in [7, 11) is 3.26. The third kappa shape index (κ3) is 4.89. The number of ether oxygens (including phenoxy) is 2. The van der Waals surface area contributed by atoms with E-state index in [1.54, 1.807) is 14.2 Å². The van der Waals surface area contributed by atoms with Crippen molar-refractivity contribution in [1.82, 2.24) is 10.6 Å². The van der Waals surface area contributed by atoms with Gasteiger partial charge < -0.3 is 20.1 Å². The SMILES string of the molecule is COc1ccc(C(C)NC(=S)NCC(C)C)cc1OC. The molecule has 4 nitrogen and oxygen atoms in total. The molecule has 0 fully saturated rings. The Morgan fingerprint density at radius 2 is 1.80 bits per heavy atom. The predicted molar refractivity (Wildman–Crippen MR) is 86.5 cm³/mol. The maximum Gasteiger partial charge on any atom is 0.166 e. The van der Waals surface area contributed by atoms with Crippen molar-refractivity contribution >= 4 is 17.3 Å². The fourth-order valence-electron chi connectivity index (χ4n) is 1.75.